The number of nitrogens with zero attached hydrogens (tertiary/aromatic N) is 3. The van der Waals surface area contributed by atoms with Crippen molar-refractivity contribution in [2.45, 2.75) is 24.0 Å². The van der Waals surface area contributed by atoms with E-state index in [-0.39, 0.29) is 23.7 Å². The van der Waals surface area contributed by atoms with Crippen molar-refractivity contribution in [1.29, 1.82) is 0 Å². The summed E-state index contributed by atoms with van der Waals surface area (Å²) in [4.78, 5) is 21.0. The number of halogens is 3. The minimum absolute atomic E-state index is 0.0236. The second-order valence-electron chi connectivity index (χ2n) is 6.67. The molecule has 1 N–H and O–H groups in total. The molecule has 4 rings (SSSR count). The van der Waals surface area contributed by atoms with Crippen molar-refractivity contribution in [3.8, 4) is 0 Å². The molecular weight excluding hydrogens is 453 g/mol. The van der Waals surface area contributed by atoms with Crippen LogP contribution in [0.4, 0.5) is 18.3 Å². The van der Waals surface area contributed by atoms with Crippen LogP contribution in [0.15, 0.2) is 53.6 Å². The van der Waals surface area contributed by atoms with Crippen LogP contribution in [0.3, 0.4) is 0 Å². The summed E-state index contributed by atoms with van der Waals surface area (Å²) < 4.78 is 65.2. The van der Waals surface area contributed by atoms with Gasteiger partial charge in [0.05, 0.1) is 22.7 Å². The molecule has 0 radical (unpaired) electrons. The Bertz CT molecular complexity index is 1210. The molecule has 3 heterocycles. The first-order valence-electron chi connectivity index (χ1n) is 9.03. The lowest BCUT2D eigenvalue weighted by Gasteiger charge is -2.25. The number of rotatable bonds is 4. The predicted octanol–water partition coefficient (Wildman–Crippen LogP) is 3.56. The molecule has 12 heteroatoms. The fourth-order valence-electron chi connectivity index (χ4n) is 3.05. The Labute approximate surface area is 179 Å². The van der Waals surface area contributed by atoms with Crippen molar-refractivity contribution in [3.63, 3.8) is 0 Å². The fraction of sp³-hybridized carbons (Fsp3) is 0.211. The van der Waals surface area contributed by atoms with Crippen LogP contribution < -0.4 is 5.32 Å². The average molecular weight is 468 g/mol. The van der Waals surface area contributed by atoms with E-state index >= 15 is 0 Å². The van der Waals surface area contributed by atoms with Crippen LogP contribution in [0.1, 0.15) is 26.6 Å². The van der Waals surface area contributed by atoms with Crippen molar-refractivity contribution in [2.24, 2.45) is 0 Å². The zero-order valence-electron chi connectivity index (χ0n) is 15.8. The molecule has 0 spiro atoms. The summed E-state index contributed by atoms with van der Waals surface area (Å²) in [6, 6.07) is 8.34. The molecule has 3 aromatic rings. The summed E-state index contributed by atoms with van der Waals surface area (Å²) in [6.45, 7) is 0.156. The Morgan fingerprint density at radius 3 is 2.52 bits per heavy atom. The van der Waals surface area contributed by atoms with E-state index < -0.39 is 27.7 Å². The van der Waals surface area contributed by atoms with Crippen LogP contribution in [-0.2, 0) is 29.2 Å². The van der Waals surface area contributed by atoms with Crippen molar-refractivity contribution < 1.29 is 26.4 Å². The maximum absolute atomic E-state index is 12.9. The third-order valence-electron chi connectivity index (χ3n) is 4.63. The molecule has 0 unspecified atom stereocenters. The number of pyridine rings is 1. The van der Waals surface area contributed by atoms with Crippen molar-refractivity contribution in [1.82, 2.24) is 14.3 Å². The number of hydrogen-bond donors (Lipinski definition) is 1. The van der Waals surface area contributed by atoms with Gasteiger partial charge in [0.2, 0.25) is 10.0 Å². The van der Waals surface area contributed by atoms with E-state index in [1.165, 1.54) is 10.5 Å². The van der Waals surface area contributed by atoms with Gasteiger partial charge >= 0.3 is 6.18 Å². The number of carbonyl (C=O) groups is 1. The van der Waals surface area contributed by atoms with E-state index in [2.05, 4.69) is 15.3 Å². The number of anilines is 1. The number of alkyl halides is 3. The zero-order chi connectivity index (χ0) is 22.2. The van der Waals surface area contributed by atoms with E-state index in [1.54, 1.807) is 18.2 Å². The Morgan fingerprint density at radius 2 is 1.87 bits per heavy atom. The molecule has 7 nitrogen and oxygen atoms in total. The third kappa shape index (κ3) is 4.45. The number of hydrogen-bond acceptors (Lipinski definition) is 6. The Hall–Kier alpha value is -2.83. The maximum atomic E-state index is 12.9. The second kappa shape index (κ2) is 8.02. The monoisotopic (exact) mass is 468 g/mol. The molecule has 0 saturated carbocycles. The van der Waals surface area contributed by atoms with Crippen molar-refractivity contribution >= 4 is 32.4 Å². The van der Waals surface area contributed by atoms with Gasteiger partial charge < -0.3 is 0 Å². The van der Waals surface area contributed by atoms with Gasteiger partial charge in [0.25, 0.3) is 5.91 Å². The molecule has 0 saturated heterocycles. The summed E-state index contributed by atoms with van der Waals surface area (Å²) in [6.07, 6.45) is -2.72. The molecule has 1 aliphatic heterocycles. The smallest absolute Gasteiger partial charge is 0.296 e. The lowest BCUT2D eigenvalue weighted by molar-refractivity contribution is -0.137. The quantitative estimate of drug-likeness (QED) is 0.632. The van der Waals surface area contributed by atoms with Gasteiger partial charge in [0.1, 0.15) is 5.69 Å². The number of fused-ring (bicyclic) bond motifs is 1. The lowest BCUT2D eigenvalue weighted by Crippen LogP contribution is -2.35. The van der Waals surface area contributed by atoms with E-state index in [0.717, 1.165) is 35.6 Å². The highest BCUT2D eigenvalue weighted by Gasteiger charge is 2.33. The molecule has 2 aromatic heterocycles. The van der Waals surface area contributed by atoms with Gasteiger partial charge in [-0.15, -0.1) is 11.3 Å². The Balaban J connectivity index is 1.50. The van der Waals surface area contributed by atoms with Gasteiger partial charge in [-0.2, -0.15) is 17.5 Å². The number of benzene rings is 1. The molecule has 0 fully saturated rings. The molecular formula is C19H15F3N4O3S2. The van der Waals surface area contributed by atoms with Gasteiger partial charge in [-0.25, -0.2) is 13.4 Å². The summed E-state index contributed by atoms with van der Waals surface area (Å²) in [5.74, 6) is -0.430. The summed E-state index contributed by atoms with van der Waals surface area (Å²) in [5, 5.41) is 2.98. The Kier molecular flexibility index (Phi) is 5.54. The number of sulfonamides is 1. The highest BCUT2D eigenvalue weighted by molar-refractivity contribution is 7.89. The molecule has 0 bridgehead atoms. The molecule has 1 amide bonds. The molecule has 0 aliphatic carbocycles. The average Bonchev–Trinajstić information content (AvgIpc) is 3.15. The zero-order valence-corrected chi connectivity index (χ0v) is 17.4. The molecule has 1 aromatic carbocycles. The largest absolute Gasteiger partial charge is 0.416 e. The first kappa shape index (κ1) is 21.4. The van der Waals surface area contributed by atoms with Crippen LogP contribution >= 0.6 is 11.3 Å². The van der Waals surface area contributed by atoms with Crippen LogP contribution in [0.2, 0.25) is 0 Å². The normalized spacial score (nSPS) is 14.8. The van der Waals surface area contributed by atoms with Crippen molar-refractivity contribution in [2.75, 3.05) is 11.9 Å². The van der Waals surface area contributed by atoms with Gasteiger partial charge in [-0.1, -0.05) is 6.07 Å². The molecule has 1 aliphatic rings. The standard InChI is InChI=1S/C19H15F3N4O3S2/c20-19(21,22)12-4-6-13(7-5-12)31(28,29)26-10-8-14-16(11-26)30-18(24-14)25-17(27)15-3-1-2-9-23-15/h1-7,9H,8,10-11H2,(H,24,25,27). The highest BCUT2D eigenvalue weighted by Crippen LogP contribution is 2.33. The van der Waals surface area contributed by atoms with Gasteiger partial charge in [0, 0.05) is 24.0 Å². The van der Waals surface area contributed by atoms with Gasteiger partial charge in [-0.05, 0) is 36.4 Å². The first-order valence-corrected chi connectivity index (χ1v) is 11.3. The number of nitrogens with one attached hydrogen (secondary N) is 1. The number of aromatic nitrogens is 2. The van der Waals surface area contributed by atoms with E-state index in [0.29, 0.717) is 22.1 Å². The summed E-state index contributed by atoms with van der Waals surface area (Å²) in [5.41, 5.74) is -0.00880. The van der Waals surface area contributed by atoms with E-state index in [9.17, 15) is 26.4 Å². The van der Waals surface area contributed by atoms with Gasteiger partial charge in [0.15, 0.2) is 5.13 Å². The predicted molar refractivity (Wildman–Crippen MR) is 107 cm³/mol. The molecule has 0 atom stereocenters. The molecule has 162 valence electrons. The van der Waals surface area contributed by atoms with Crippen LogP contribution in [0, 0.1) is 0 Å². The summed E-state index contributed by atoms with van der Waals surface area (Å²) >= 11 is 1.15. The van der Waals surface area contributed by atoms with E-state index in [4.69, 9.17) is 0 Å². The maximum Gasteiger partial charge on any atom is 0.416 e. The minimum Gasteiger partial charge on any atom is -0.296 e. The summed E-state index contributed by atoms with van der Waals surface area (Å²) in [7, 11) is -3.98. The first-order chi connectivity index (χ1) is 14.6. The van der Waals surface area contributed by atoms with E-state index in [1.807, 2.05) is 0 Å². The lowest BCUT2D eigenvalue weighted by atomic mass is 10.2. The molecule has 31 heavy (non-hydrogen) atoms. The fourth-order valence-corrected chi connectivity index (χ4v) is 5.56. The SMILES string of the molecule is O=C(Nc1nc2c(s1)CN(S(=O)(=O)c1ccc(C(F)(F)F)cc1)CC2)c1ccccn1. The Morgan fingerprint density at radius 1 is 1.13 bits per heavy atom. The third-order valence-corrected chi connectivity index (χ3v) is 7.49. The van der Waals surface area contributed by atoms with Crippen molar-refractivity contribution in [3.05, 3.63) is 70.5 Å². The number of thiazole rings is 1. The van der Waals surface area contributed by atoms with Crippen LogP contribution in [0.5, 0.6) is 0 Å². The number of carbonyl (C=O) groups excluding carboxylic acids is 1. The van der Waals surface area contributed by atoms with Gasteiger partial charge in [-0.3, -0.25) is 15.1 Å². The van der Waals surface area contributed by atoms with Crippen LogP contribution in [-0.4, -0.2) is 35.1 Å². The van der Waals surface area contributed by atoms with Crippen LogP contribution in [0.25, 0.3) is 0 Å². The minimum atomic E-state index is -4.54. The highest BCUT2D eigenvalue weighted by atomic mass is 32.2. The number of amides is 1. The second-order valence-corrected chi connectivity index (χ2v) is 9.69. The topological polar surface area (TPSA) is 92.3 Å².